The summed E-state index contributed by atoms with van der Waals surface area (Å²) in [5, 5.41) is 0. The zero-order valence-corrected chi connectivity index (χ0v) is 9.87. The van der Waals surface area contributed by atoms with Gasteiger partial charge in [0.1, 0.15) is 11.4 Å². The summed E-state index contributed by atoms with van der Waals surface area (Å²) in [6.45, 7) is 8.56. The van der Waals surface area contributed by atoms with Crippen molar-refractivity contribution in [2.75, 3.05) is 12.3 Å². The van der Waals surface area contributed by atoms with Crippen LogP contribution in [0.25, 0.3) is 0 Å². The third-order valence-electron chi connectivity index (χ3n) is 2.48. The van der Waals surface area contributed by atoms with Gasteiger partial charge in [0.15, 0.2) is 5.82 Å². The van der Waals surface area contributed by atoms with Gasteiger partial charge in [-0.05, 0) is 27.2 Å². The predicted octanol–water partition coefficient (Wildman–Crippen LogP) is 2.03. The van der Waals surface area contributed by atoms with Gasteiger partial charge in [0, 0.05) is 18.4 Å². The number of aryl methyl sites for hydroxylation is 1. The maximum Gasteiger partial charge on any atom is 0.162 e. The number of aromatic nitrogens is 2. The molecule has 0 radical (unpaired) electrons. The molecule has 0 aliphatic rings. The number of nitrogens with two attached hydrogens (primary N) is 1. The van der Waals surface area contributed by atoms with Crippen LogP contribution < -0.4 is 5.73 Å². The minimum absolute atomic E-state index is 0.436. The fraction of sp³-hybridized carbons (Fsp3) is 0.636. The van der Waals surface area contributed by atoms with Crippen molar-refractivity contribution >= 4 is 5.82 Å². The lowest BCUT2D eigenvalue weighted by atomic mass is 10.0. The Hall–Kier alpha value is -1.16. The Bertz CT molecular complexity index is 320. The van der Waals surface area contributed by atoms with Gasteiger partial charge in [0.2, 0.25) is 0 Å². The third kappa shape index (κ3) is 2.65. The standard InChI is InChI=1S/C11H19N3O/c1-5-11(4,15-6-2)10-13-8(3)7-9(12)14-10/h7H,5-6H2,1-4H3,(H2,12,13,14). The van der Waals surface area contributed by atoms with E-state index < -0.39 is 5.60 Å². The summed E-state index contributed by atoms with van der Waals surface area (Å²) in [7, 11) is 0. The fourth-order valence-electron chi connectivity index (χ4n) is 1.47. The van der Waals surface area contributed by atoms with E-state index in [1.54, 1.807) is 6.07 Å². The second-order valence-corrected chi connectivity index (χ2v) is 3.78. The van der Waals surface area contributed by atoms with Gasteiger partial charge in [0.25, 0.3) is 0 Å². The molecule has 0 aliphatic heterocycles. The Morgan fingerprint density at radius 2 is 2.07 bits per heavy atom. The highest BCUT2D eigenvalue weighted by Gasteiger charge is 2.28. The lowest BCUT2D eigenvalue weighted by Crippen LogP contribution is -2.28. The van der Waals surface area contributed by atoms with Crippen LogP contribution >= 0.6 is 0 Å². The van der Waals surface area contributed by atoms with Crippen LogP contribution in [0.15, 0.2) is 6.07 Å². The second kappa shape index (κ2) is 4.57. The third-order valence-corrected chi connectivity index (χ3v) is 2.48. The summed E-state index contributed by atoms with van der Waals surface area (Å²) < 4.78 is 5.69. The molecule has 1 aromatic rings. The topological polar surface area (TPSA) is 61.0 Å². The Balaban J connectivity index is 3.11. The summed E-state index contributed by atoms with van der Waals surface area (Å²) in [4.78, 5) is 8.62. The number of hydrogen-bond donors (Lipinski definition) is 1. The number of rotatable bonds is 4. The number of ether oxygens (including phenoxy) is 1. The highest BCUT2D eigenvalue weighted by molar-refractivity contribution is 5.30. The van der Waals surface area contributed by atoms with Crippen molar-refractivity contribution in [2.45, 2.75) is 39.7 Å². The average Bonchev–Trinajstić information content (AvgIpc) is 2.16. The minimum Gasteiger partial charge on any atom is -0.384 e. The summed E-state index contributed by atoms with van der Waals surface area (Å²) in [6.07, 6.45) is 0.823. The monoisotopic (exact) mass is 209 g/mol. The van der Waals surface area contributed by atoms with Crippen molar-refractivity contribution in [1.82, 2.24) is 9.97 Å². The summed E-state index contributed by atoms with van der Waals surface area (Å²) in [6, 6.07) is 1.76. The molecule has 0 aromatic carbocycles. The molecule has 0 bridgehead atoms. The summed E-state index contributed by atoms with van der Waals surface area (Å²) >= 11 is 0. The van der Waals surface area contributed by atoms with Crippen LogP contribution in [0.3, 0.4) is 0 Å². The maximum atomic E-state index is 5.70. The molecule has 1 atom stereocenters. The molecule has 4 heteroatoms. The summed E-state index contributed by atoms with van der Waals surface area (Å²) in [5.74, 6) is 1.17. The van der Waals surface area contributed by atoms with Crippen molar-refractivity contribution in [2.24, 2.45) is 0 Å². The van der Waals surface area contributed by atoms with Crippen LogP contribution in [0, 0.1) is 6.92 Å². The lowest BCUT2D eigenvalue weighted by molar-refractivity contribution is -0.0390. The first-order chi connectivity index (χ1) is 7.01. The first-order valence-corrected chi connectivity index (χ1v) is 5.27. The quantitative estimate of drug-likeness (QED) is 0.824. The van der Waals surface area contributed by atoms with Gasteiger partial charge in [-0.2, -0.15) is 0 Å². The predicted molar refractivity (Wildman–Crippen MR) is 60.5 cm³/mol. The van der Waals surface area contributed by atoms with E-state index in [1.807, 2.05) is 20.8 Å². The molecular formula is C11H19N3O. The van der Waals surface area contributed by atoms with E-state index in [4.69, 9.17) is 10.5 Å². The minimum atomic E-state index is -0.436. The molecule has 1 heterocycles. The van der Waals surface area contributed by atoms with Crippen LogP contribution in [0.1, 0.15) is 38.7 Å². The van der Waals surface area contributed by atoms with Crippen molar-refractivity contribution < 1.29 is 4.74 Å². The van der Waals surface area contributed by atoms with Crippen molar-refractivity contribution in [3.8, 4) is 0 Å². The molecule has 0 spiro atoms. The molecule has 0 saturated heterocycles. The van der Waals surface area contributed by atoms with Gasteiger partial charge in [-0.15, -0.1) is 0 Å². The molecule has 0 saturated carbocycles. The normalized spacial score (nSPS) is 14.9. The van der Waals surface area contributed by atoms with E-state index in [0.717, 1.165) is 12.1 Å². The first-order valence-electron chi connectivity index (χ1n) is 5.27. The van der Waals surface area contributed by atoms with Crippen molar-refractivity contribution in [1.29, 1.82) is 0 Å². The van der Waals surface area contributed by atoms with Gasteiger partial charge >= 0.3 is 0 Å². The number of nitrogens with zero attached hydrogens (tertiary/aromatic N) is 2. The molecule has 1 aromatic heterocycles. The fourth-order valence-corrected chi connectivity index (χ4v) is 1.47. The number of hydrogen-bond acceptors (Lipinski definition) is 4. The van der Waals surface area contributed by atoms with E-state index >= 15 is 0 Å². The molecule has 2 N–H and O–H groups in total. The van der Waals surface area contributed by atoms with Crippen molar-refractivity contribution in [3.05, 3.63) is 17.6 Å². The molecular weight excluding hydrogens is 190 g/mol. The van der Waals surface area contributed by atoms with E-state index in [0.29, 0.717) is 18.2 Å². The number of anilines is 1. The molecule has 0 amide bonds. The maximum absolute atomic E-state index is 5.70. The molecule has 15 heavy (non-hydrogen) atoms. The van der Waals surface area contributed by atoms with Gasteiger partial charge < -0.3 is 10.5 Å². The van der Waals surface area contributed by atoms with Gasteiger partial charge in [-0.25, -0.2) is 9.97 Å². The van der Waals surface area contributed by atoms with Crippen LogP contribution in [-0.4, -0.2) is 16.6 Å². The average molecular weight is 209 g/mol. The molecule has 0 aliphatic carbocycles. The highest BCUT2D eigenvalue weighted by atomic mass is 16.5. The molecule has 0 fully saturated rings. The summed E-state index contributed by atoms with van der Waals surface area (Å²) in [5.41, 5.74) is 6.14. The zero-order chi connectivity index (χ0) is 11.5. The van der Waals surface area contributed by atoms with Crippen molar-refractivity contribution in [3.63, 3.8) is 0 Å². The number of nitrogen functional groups attached to an aromatic ring is 1. The van der Waals surface area contributed by atoms with E-state index in [-0.39, 0.29) is 0 Å². The van der Waals surface area contributed by atoms with Crippen LogP contribution in [0.2, 0.25) is 0 Å². The molecule has 84 valence electrons. The Kier molecular flexibility index (Phi) is 3.63. The lowest BCUT2D eigenvalue weighted by Gasteiger charge is -2.26. The van der Waals surface area contributed by atoms with Crippen LogP contribution in [-0.2, 0) is 10.3 Å². The second-order valence-electron chi connectivity index (χ2n) is 3.78. The van der Waals surface area contributed by atoms with Gasteiger partial charge in [-0.3, -0.25) is 0 Å². The zero-order valence-electron chi connectivity index (χ0n) is 9.87. The first kappa shape index (κ1) is 11.9. The Morgan fingerprint density at radius 3 is 2.53 bits per heavy atom. The largest absolute Gasteiger partial charge is 0.384 e. The SMILES string of the molecule is CCOC(C)(CC)c1nc(C)cc(N)n1. The molecule has 1 unspecified atom stereocenters. The van der Waals surface area contributed by atoms with E-state index in [9.17, 15) is 0 Å². The van der Waals surface area contributed by atoms with E-state index in [1.165, 1.54) is 0 Å². The highest BCUT2D eigenvalue weighted by Crippen LogP contribution is 2.26. The van der Waals surface area contributed by atoms with Crippen LogP contribution in [0.5, 0.6) is 0 Å². The van der Waals surface area contributed by atoms with Gasteiger partial charge in [-0.1, -0.05) is 6.92 Å². The smallest absolute Gasteiger partial charge is 0.162 e. The van der Waals surface area contributed by atoms with Crippen LogP contribution in [0.4, 0.5) is 5.82 Å². The Labute approximate surface area is 90.9 Å². The molecule has 1 rings (SSSR count). The van der Waals surface area contributed by atoms with E-state index in [2.05, 4.69) is 16.9 Å². The van der Waals surface area contributed by atoms with Gasteiger partial charge in [0.05, 0.1) is 0 Å². The Morgan fingerprint density at radius 1 is 1.40 bits per heavy atom. The molecule has 4 nitrogen and oxygen atoms in total.